The fraction of sp³-hybridized carbons (Fsp3) is 0.0526. The first-order valence-corrected chi connectivity index (χ1v) is 15.3. The van der Waals surface area contributed by atoms with Crippen molar-refractivity contribution in [2.45, 2.75) is 0 Å². The second kappa shape index (κ2) is 15.1. The first-order valence-electron chi connectivity index (χ1n) is 15.3. The third kappa shape index (κ3) is 8.55. The van der Waals surface area contributed by atoms with Crippen molar-refractivity contribution in [1.82, 2.24) is 29.5 Å². The van der Waals surface area contributed by atoms with Crippen LogP contribution >= 0.6 is 0 Å². The Kier molecular flexibility index (Phi) is 9.87. The van der Waals surface area contributed by atoms with E-state index in [0.29, 0.717) is 45.5 Å². The molecule has 3 aromatic carbocycles. The lowest BCUT2D eigenvalue weighted by molar-refractivity contribution is 0.102. The molecule has 246 valence electrons. The first-order chi connectivity index (χ1) is 24.3. The molecule has 0 unspecified atom stereocenters. The van der Waals surface area contributed by atoms with Crippen LogP contribution in [0.4, 0.5) is 11.4 Å². The van der Waals surface area contributed by atoms with Crippen molar-refractivity contribution in [2.75, 3.05) is 11.1 Å². The third-order valence-corrected chi connectivity index (χ3v) is 7.16. The van der Waals surface area contributed by atoms with Gasteiger partial charge in [-0.1, -0.05) is 12.1 Å². The van der Waals surface area contributed by atoms with Crippen LogP contribution in [0.1, 0.15) is 15.9 Å². The summed E-state index contributed by atoms with van der Waals surface area (Å²) in [5.41, 5.74) is 11.4. The Morgan fingerprint density at radius 2 is 1.26 bits per heavy atom. The molecule has 0 spiro atoms. The van der Waals surface area contributed by atoms with Gasteiger partial charge in [0.25, 0.3) is 5.91 Å². The van der Waals surface area contributed by atoms with Gasteiger partial charge in [-0.25, -0.2) is 0 Å². The van der Waals surface area contributed by atoms with Crippen LogP contribution in [0, 0.1) is 11.3 Å². The zero-order valence-corrected chi connectivity index (χ0v) is 27.1. The molecule has 7 rings (SSSR count). The van der Waals surface area contributed by atoms with E-state index in [0.717, 1.165) is 22.5 Å². The summed E-state index contributed by atoms with van der Waals surface area (Å²) in [6, 6.07) is 30.2. The highest BCUT2D eigenvalue weighted by Gasteiger charge is 2.09. The van der Waals surface area contributed by atoms with Gasteiger partial charge in [0, 0.05) is 91.2 Å². The van der Waals surface area contributed by atoms with Crippen LogP contribution in [-0.4, -0.2) is 35.4 Å². The summed E-state index contributed by atoms with van der Waals surface area (Å²) in [5.74, 6) is 2.35. The van der Waals surface area contributed by atoms with Gasteiger partial charge in [-0.2, -0.15) is 15.5 Å². The van der Waals surface area contributed by atoms with Crippen molar-refractivity contribution in [3.63, 3.8) is 0 Å². The Balaban J connectivity index is 0.000000187. The monoisotopic (exact) mass is 661 g/mol. The standard InChI is InChI=1S/C23H17N5O2.C15H14N4O/c1-28-15-18(14-26-28)22-12-21(9-10-25-22)30-20-4-2-3-19(11-20)27-23(29)17-7-5-16(13-24)6-8-17;1-19-10-11(9-18-19)15-8-14(5-6-17-15)20-13-4-2-3-12(16)7-13/h2-12,14-15H,1H3,(H,27,29);2-10H,16H2,1H3. The van der Waals surface area contributed by atoms with Crippen LogP contribution in [0.15, 0.2) is 134 Å². The summed E-state index contributed by atoms with van der Waals surface area (Å²) < 4.78 is 15.2. The lowest BCUT2D eigenvalue weighted by atomic mass is 10.1. The van der Waals surface area contributed by atoms with Gasteiger partial charge in [0.05, 0.1) is 35.4 Å². The minimum Gasteiger partial charge on any atom is -0.457 e. The number of nitrogens with two attached hydrogens (primary N) is 1. The van der Waals surface area contributed by atoms with Crippen molar-refractivity contribution >= 4 is 17.3 Å². The smallest absolute Gasteiger partial charge is 0.255 e. The number of benzene rings is 3. The molecule has 0 saturated carbocycles. The molecule has 0 aliphatic rings. The number of nitrogens with zero attached hydrogens (tertiary/aromatic N) is 7. The summed E-state index contributed by atoms with van der Waals surface area (Å²) in [7, 11) is 3.72. The Hall–Kier alpha value is -7.26. The van der Waals surface area contributed by atoms with E-state index < -0.39 is 0 Å². The summed E-state index contributed by atoms with van der Waals surface area (Å²) in [6.45, 7) is 0. The maximum atomic E-state index is 12.4. The van der Waals surface area contributed by atoms with E-state index in [1.165, 1.54) is 0 Å². The van der Waals surface area contributed by atoms with Crippen molar-refractivity contribution in [2.24, 2.45) is 14.1 Å². The molecular formula is C38H31N9O3. The fourth-order valence-corrected chi connectivity index (χ4v) is 4.76. The molecule has 0 atom stereocenters. The first kappa shape index (κ1) is 32.7. The van der Waals surface area contributed by atoms with E-state index in [4.69, 9.17) is 20.5 Å². The van der Waals surface area contributed by atoms with E-state index in [2.05, 4.69) is 25.5 Å². The number of anilines is 2. The highest BCUT2D eigenvalue weighted by molar-refractivity contribution is 6.04. The van der Waals surface area contributed by atoms with Gasteiger partial charge in [-0.15, -0.1) is 0 Å². The number of nitrogen functional groups attached to an aromatic ring is 1. The number of nitrogens with one attached hydrogen (secondary N) is 1. The molecular weight excluding hydrogens is 630 g/mol. The van der Waals surface area contributed by atoms with Crippen LogP contribution in [0.25, 0.3) is 22.5 Å². The molecule has 4 aromatic heterocycles. The molecule has 50 heavy (non-hydrogen) atoms. The second-order valence-electron chi connectivity index (χ2n) is 11.0. The molecule has 7 aromatic rings. The number of ether oxygens (including phenoxy) is 2. The topological polar surface area (TPSA) is 159 Å². The third-order valence-electron chi connectivity index (χ3n) is 7.16. The van der Waals surface area contributed by atoms with Gasteiger partial charge in [0.1, 0.15) is 23.0 Å². The molecule has 0 saturated heterocycles. The van der Waals surface area contributed by atoms with Crippen LogP contribution in [0.5, 0.6) is 23.0 Å². The number of hydrogen-bond acceptors (Lipinski definition) is 9. The lowest BCUT2D eigenvalue weighted by Crippen LogP contribution is -2.11. The summed E-state index contributed by atoms with van der Waals surface area (Å²) in [5, 5.41) is 20.0. The Morgan fingerprint density at radius 1 is 0.720 bits per heavy atom. The second-order valence-corrected chi connectivity index (χ2v) is 11.0. The van der Waals surface area contributed by atoms with Crippen molar-refractivity contribution in [3.8, 4) is 51.6 Å². The number of hydrogen-bond donors (Lipinski definition) is 2. The highest BCUT2D eigenvalue weighted by Crippen LogP contribution is 2.28. The van der Waals surface area contributed by atoms with E-state index in [-0.39, 0.29) is 5.91 Å². The highest BCUT2D eigenvalue weighted by atomic mass is 16.5. The maximum absolute atomic E-state index is 12.4. The normalized spacial score (nSPS) is 10.3. The number of amides is 1. The Labute approximate surface area is 288 Å². The largest absolute Gasteiger partial charge is 0.457 e. The van der Waals surface area contributed by atoms with Gasteiger partial charge in [0.15, 0.2) is 0 Å². The Bertz CT molecular complexity index is 2290. The number of carbonyl (C=O) groups is 1. The number of nitriles is 1. The van der Waals surface area contributed by atoms with E-state index in [9.17, 15) is 4.79 Å². The molecule has 0 aliphatic heterocycles. The summed E-state index contributed by atoms with van der Waals surface area (Å²) in [4.78, 5) is 21.1. The minimum absolute atomic E-state index is 0.264. The molecule has 12 heteroatoms. The summed E-state index contributed by atoms with van der Waals surface area (Å²) in [6.07, 6.45) is 10.7. The van der Waals surface area contributed by atoms with Gasteiger partial charge >= 0.3 is 0 Å². The predicted octanol–water partition coefficient (Wildman–Crippen LogP) is 7.25. The van der Waals surface area contributed by atoms with E-state index in [1.54, 1.807) is 88.7 Å². The number of rotatable bonds is 8. The minimum atomic E-state index is -0.264. The van der Waals surface area contributed by atoms with Crippen molar-refractivity contribution in [1.29, 1.82) is 5.26 Å². The fourth-order valence-electron chi connectivity index (χ4n) is 4.76. The van der Waals surface area contributed by atoms with Crippen LogP contribution in [-0.2, 0) is 14.1 Å². The van der Waals surface area contributed by atoms with Crippen LogP contribution in [0.2, 0.25) is 0 Å². The SMILES string of the molecule is Cn1cc(-c2cc(Oc3cccc(N)c3)ccn2)cn1.Cn1cc(-c2cc(Oc3cccc(NC(=O)c4ccc(C#N)cc4)c3)ccn2)cn1. The molecule has 1 amide bonds. The van der Waals surface area contributed by atoms with Gasteiger partial charge in [-0.3, -0.25) is 24.1 Å². The number of aromatic nitrogens is 6. The van der Waals surface area contributed by atoms with Gasteiger partial charge in [-0.05, 0) is 60.7 Å². The number of carbonyl (C=O) groups excluding carboxylic acids is 1. The van der Waals surface area contributed by atoms with Gasteiger partial charge in [0.2, 0.25) is 0 Å². The predicted molar refractivity (Wildman–Crippen MR) is 189 cm³/mol. The molecule has 0 aliphatic carbocycles. The maximum Gasteiger partial charge on any atom is 0.255 e. The van der Waals surface area contributed by atoms with Crippen LogP contribution < -0.4 is 20.5 Å². The van der Waals surface area contributed by atoms with Crippen LogP contribution in [0.3, 0.4) is 0 Å². The molecule has 4 heterocycles. The average Bonchev–Trinajstić information content (AvgIpc) is 3.77. The number of pyridine rings is 2. The average molecular weight is 662 g/mol. The number of aryl methyl sites for hydroxylation is 2. The molecule has 0 bridgehead atoms. The van der Waals surface area contributed by atoms with Gasteiger partial charge < -0.3 is 20.5 Å². The quantitative estimate of drug-likeness (QED) is 0.160. The Morgan fingerprint density at radius 3 is 1.78 bits per heavy atom. The van der Waals surface area contributed by atoms with E-state index >= 15 is 0 Å². The lowest BCUT2D eigenvalue weighted by Gasteiger charge is -2.10. The van der Waals surface area contributed by atoms with E-state index in [1.807, 2.05) is 75.0 Å². The molecule has 12 nitrogen and oxygen atoms in total. The zero-order chi connectivity index (χ0) is 34.9. The van der Waals surface area contributed by atoms with Crippen molar-refractivity contribution in [3.05, 3.63) is 145 Å². The summed E-state index contributed by atoms with van der Waals surface area (Å²) >= 11 is 0. The molecule has 0 radical (unpaired) electrons. The molecule has 0 fully saturated rings. The molecule has 3 N–H and O–H groups in total. The van der Waals surface area contributed by atoms with Crippen molar-refractivity contribution < 1.29 is 14.3 Å². The zero-order valence-electron chi connectivity index (χ0n) is 27.1.